The predicted octanol–water partition coefficient (Wildman–Crippen LogP) is 4.76. The summed E-state index contributed by atoms with van der Waals surface area (Å²) in [5, 5.41) is 6.96. The molecule has 0 aliphatic carbocycles. The first-order chi connectivity index (χ1) is 15.2. The normalized spacial score (nSPS) is 15.5. The average Bonchev–Trinajstić information content (AvgIpc) is 2.80. The largest absolute Gasteiger partial charge is 0.493 e. The number of methoxy groups -OCH3 is 1. The van der Waals surface area contributed by atoms with E-state index in [1.165, 1.54) is 11.1 Å². The number of hydrogen-bond acceptors (Lipinski definition) is 4. The lowest BCUT2D eigenvalue weighted by Gasteiger charge is -2.39. The van der Waals surface area contributed by atoms with Crippen LogP contribution < -0.4 is 15.4 Å². The van der Waals surface area contributed by atoms with Crippen molar-refractivity contribution in [2.75, 3.05) is 52.4 Å². The number of rotatable bonds is 9. The lowest BCUT2D eigenvalue weighted by atomic mass is 9.72. The molecule has 2 aromatic carbocycles. The molecule has 1 saturated heterocycles. The molecular formula is C25H36IN3O3. The molecule has 1 fully saturated rings. The van der Waals surface area contributed by atoms with Gasteiger partial charge in [-0.15, -0.1) is 24.0 Å². The zero-order valence-corrected chi connectivity index (χ0v) is 21.7. The molecule has 2 N–H and O–H groups in total. The molecule has 0 spiro atoms. The highest BCUT2D eigenvalue weighted by atomic mass is 127. The molecule has 1 aliphatic heterocycles. The van der Waals surface area contributed by atoms with E-state index in [0.29, 0.717) is 13.2 Å². The maximum atomic E-state index is 5.81. The van der Waals surface area contributed by atoms with Gasteiger partial charge in [0.25, 0.3) is 0 Å². The summed E-state index contributed by atoms with van der Waals surface area (Å²) in [6.07, 6.45) is 2.85. The Labute approximate surface area is 209 Å². The van der Waals surface area contributed by atoms with E-state index in [1.54, 1.807) is 14.2 Å². The zero-order chi connectivity index (χ0) is 21.9. The number of nitrogens with zero attached hydrogens (tertiary/aromatic N) is 1. The third kappa shape index (κ3) is 7.35. The van der Waals surface area contributed by atoms with Crippen LogP contribution in [0.5, 0.6) is 5.75 Å². The van der Waals surface area contributed by atoms with Crippen LogP contribution in [-0.4, -0.2) is 53.1 Å². The number of ether oxygens (including phenoxy) is 3. The predicted molar refractivity (Wildman–Crippen MR) is 142 cm³/mol. The van der Waals surface area contributed by atoms with Crippen LogP contribution in [-0.2, 0) is 14.9 Å². The van der Waals surface area contributed by atoms with E-state index in [9.17, 15) is 0 Å². The highest BCUT2D eigenvalue weighted by Crippen LogP contribution is 2.36. The Balaban J connectivity index is 0.00000363. The van der Waals surface area contributed by atoms with E-state index in [0.717, 1.165) is 56.4 Å². The fraction of sp³-hybridized carbons (Fsp3) is 0.480. The molecule has 1 aliphatic rings. The van der Waals surface area contributed by atoms with Gasteiger partial charge in [-0.05, 0) is 43.0 Å². The minimum atomic E-state index is 0. The van der Waals surface area contributed by atoms with Crippen molar-refractivity contribution in [3.8, 4) is 5.75 Å². The van der Waals surface area contributed by atoms with Gasteiger partial charge in [0.2, 0.25) is 0 Å². The maximum Gasteiger partial charge on any atom is 0.195 e. The maximum absolute atomic E-state index is 5.81. The molecule has 0 aromatic heterocycles. The van der Waals surface area contributed by atoms with E-state index in [1.807, 2.05) is 24.3 Å². The van der Waals surface area contributed by atoms with Crippen LogP contribution in [0.15, 0.2) is 53.5 Å². The number of aliphatic imine (C=N–C) groups is 1. The van der Waals surface area contributed by atoms with Crippen LogP contribution in [0.1, 0.15) is 30.4 Å². The number of aryl methyl sites for hydroxylation is 1. The fourth-order valence-corrected chi connectivity index (χ4v) is 4.10. The Morgan fingerprint density at radius 3 is 2.59 bits per heavy atom. The molecule has 3 rings (SSSR count). The van der Waals surface area contributed by atoms with Gasteiger partial charge in [0.1, 0.15) is 5.75 Å². The van der Waals surface area contributed by atoms with Crippen LogP contribution in [0.2, 0.25) is 0 Å². The van der Waals surface area contributed by atoms with Crippen LogP contribution in [0.25, 0.3) is 0 Å². The molecule has 0 radical (unpaired) electrons. The zero-order valence-electron chi connectivity index (χ0n) is 19.4. The number of guanidine groups is 1. The van der Waals surface area contributed by atoms with Crippen LogP contribution in [0.4, 0.5) is 5.69 Å². The molecule has 6 nitrogen and oxygen atoms in total. The van der Waals surface area contributed by atoms with E-state index in [2.05, 4.69) is 46.8 Å². The molecule has 32 heavy (non-hydrogen) atoms. The average molecular weight is 553 g/mol. The summed E-state index contributed by atoms with van der Waals surface area (Å²) in [5.74, 6) is 1.58. The second kappa shape index (κ2) is 13.6. The number of nitrogens with one attached hydrogen (secondary N) is 2. The lowest BCUT2D eigenvalue weighted by Crippen LogP contribution is -2.46. The summed E-state index contributed by atoms with van der Waals surface area (Å²) < 4.78 is 16.6. The Hall–Kier alpha value is -1.84. The number of hydrogen-bond donors (Lipinski definition) is 2. The standard InChI is InChI=1S/C25H35N3O3.HI/c1-20-8-4-5-11-23(20)25(12-16-30-17-13-25)19-27-24(26-2)28-21-9-6-10-22(18-21)31-15-7-14-29-3;/h4-6,8-11,18H,7,12-17,19H2,1-3H3,(H2,26,27,28);1H. The van der Waals surface area contributed by atoms with Crippen molar-refractivity contribution in [2.45, 2.75) is 31.6 Å². The van der Waals surface area contributed by atoms with Gasteiger partial charge in [-0.1, -0.05) is 30.3 Å². The van der Waals surface area contributed by atoms with Gasteiger partial charge in [-0.2, -0.15) is 0 Å². The van der Waals surface area contributed by atoms with Gasteiger partial charge in [0.15, 0.2) is 5.96 Å². The van der Waals surface area contributed by atoms with E-state index < -0.39 is 0 Å². The summed E-state index contributed by atoms with van der Waals surface area (Å²) in [6.45, 7) is 5.88. The van der Waals surface area contributed by atoms with Crippen molar-refractivity contribution in [1.29, 1.82) is 0 Å². The van der Waals surface area contributed by atoms with Gasteiger partial charge < -0.3 is 24.8 Å². The van der Waals surface area contributed by atoms with Gasteiger partial charge in [0.05, 0.1) is 6.61 Å². The highest BCUT2D eigenvalue weighted by Gasteiger charge is 2.35. The molecule has 1 heterocycles. The second-order valence-electron chi connectivity index (χ2n) is 7.98. The van der Waals surface area contributed by atoms with Crippen LogP contribution >= 0.6 is 24.0 Å². The second-order valence-corrected chi connectivity index (χ2v) is 7.98. The molecule has 7 heteroatoms. The minimum absolute atomic E-state index is 0. The van der Waals surface area contributed by atoms with Gasteiger partial charge in [0, 0.05) is 64.1 Å². The first kappa shape index (κ1) is 26.4. The van der Waals surface area contributed by atoms with E-state index in [-0.39, 0.29) is 29.4 Å². The van der Waals surface area contributed by atoms with E-state index in [4.69, 9.17) is 14.2 Å². The first-order valence-corrected chi connectivity index (χ1v) is 11.0. The van der Waals surface area contributed by atoms with Crippen LogP contribution in [0.3, 0.4) is 0 Å². The highest BCUT2D eigenvalue weighted by molar-refractivity contribution is 14.0. The topological polar surface area (TPSA) is 64.1 Å². The Bertz CT molecular complexity index is 854. The van der Waals surface area contributed by atoms with Gasteiger partial charge in [-0.25, -0.2) is 0 Å². The molecule has 0 saturated carbocycles. The summed E-state index contributed by atoms with van der Waals surface area (Å²) in [6, 6.07) is 16.6. The first-order valence-electron chi connectivity index (χ1n) is 11.0. The quantitative estimate of drug-likeness (QED) is 0.203. The monoisotopic (exact) mass is 553 g/mol. The summed E-state index contributed by atoms with van der Waals surface area (Å²) in [7, 11) is 3.50. The Morgan fingerprint density at radius 1 is 1.09 bits per heavy atom. The van der Waals surface area contributed by atoms with Crippen molar-refractivity contribution in [1.82, 2.24) is 5.32 Å². The molecule has 176 valence electrons. The fourth-order valence-electron chi connectivity index (χ4n) is 4.10. The number of halogens is 1. The van der Waals surface area contributed by atoms with Gasteiger partial charge >= 0.3 is 0 Å². The van der Waals surface area contributed by atoms with Crippen molar-refractivity contribution >= 4 is 35.6 Å². The van der Waals surface area contributed by atoms with Crippen molar-refractivity contribution in [2.24, 2.45) is 4.99 Å². The molecule has 0 unspecified atom stereocenters. The summed E-state index contributed by atoms with van der Waals surface area (Å²) >= 11 is 0. The molecular weight excluding hydrogens is 517 g/mol. The van der Waals surface area contributed by atoms with Crippen molar-refractivity contribution in [3.63, 3.8) is 0 Å². The lowest BCUT2D eigenvalue weighted by molar-refractivity contribution is 0.0512. The number of benzene rings is 2. The summed E-state index contributed by atoms with van der Waals surface area (Å²) in [5.41, 5.74) is 3.70. The third-order valence-corrected chi connectivity index (χ3v) is 5.84. The smallest absolute Gasteiger partial charge is 0.195 e. The molecule has 0 bridgehead atoms. The number of anilines is 1. The summed E-state index contributed by atoms with van der Waals surface area (Å²) in [4.78, 5) is 4.44. The molecule has 0 amide bonds. The third-order valence-electron chi connectivity index (χ3n) is 5.84. The van der Waals surface area contributed by atoms with Crippen molar-refractivity contribution in [3.05, 3.63) is 59.7 Å². The van der Waals surface area contributed by atoms with E-state index >= 15 is 0 Å². The minimum Gasteiger partial charge on any atom is -0.493 e. The Morgan fingerprint density at radius 2 is 1.88 bits per heavy atom. The molecule has 2 aromatic rings. The van der Waals surface area contributed by atoms with Crippen molar-refractivity contribution < 1.29 is 14.2 Å². The molecule has 0 atom stereocenters. The van der Waals surface area contributed by atoms with Crippen LogP contribution in [0, 0.1) is 6.92 Å². The Kier molecular flexibility index (Phi) is 11.3. The van der Waals surface area contributed by atoms with Gasteiger partial charge in [-0.3, -0.25) is 4.99 Å². The SMILES string of the molecule is CN=C(NCC1(c2ccccc2C)CCOCC1)Nc1cccc(OCCCOC)c1.I.